The van der Waals surface area contributed by atoms with Crippen molar-refractivity contribution in [2.45, 2.75) is 63.3 Å². The summed E-state index contributed by atoms with van der Waals surface area (Å²) in [5, 5.41) is 6.71. The summed E-state index contributed by atoms with van der Waals surface area (Å²) >= 11 is 0. The van der Waals surface area contributed by atoms with E-state index in [2.05, 4.69) is 25.6 Å². The summed E-state index contributed by atoms with van der Waals surface area (Å²) in [5.74, 6) is 1.58. The van der Waals surface area contributed by atoms with Crippen molar-refractivity contribution in [1.29, 1.82) is 0 Å². The summed E-state index contributed by atoms with van der Waals surface area (Å²) in [6.07, 6.45) is 2.92. The van der Waals surface area contributed by atoms with Gasteiger partial charge in [0.2, 0.25) is 0 Å². The van der Waals surface area contributed by atoms with Crippen LogP contribution in [-0.4, -0.2) is 56.7 Å². The normalized spacial score (nSPS) is 22.4. The number of halogens is 3. The first-order chi connectivity index (χ1) is 16.2. The van der Waals surface area contributed by atoms with Gasteiger partial charge in [0.05, 0.1) is 24.3 Å². The van der Waals surface area contributed by atoms with Crippen molar-refractivity contribution in [2.75, 3.05) is 11.9 Å². The highest BCUT2D eigenvalue weighted by Gasteiger charge is 2.43. The third-order valence-corrected chi connectivity index (χ3v) is 6.52. The van der Waals surface area contributed by atoms with Crippen LogP contribution in [0.2, 0.25) is 0 Å². The molecule has 0 unspecified atom stereocenters. The van der Waals surface area contributed by atoms with Gasteiger partial charge >= 0.3 is 12.2 Å². The van der Waals surface area contributed by atoms with Crippen LogP contribution in [0.25, 0.3) is 22.2 Å². The SMILES string of the molecule is Cc1ncc(-c2cnc3cnc(NC(=O)N4[C@@H]5CC[C@H]4C[C@@H](NCCC(F)(F)F)C5)cc3c2)o1. The number of aromatic nitrogens is 3. The number of hydrogen-bond acceptors (Lipinski definition) is 6. The molecule has 0 radical (unpaired) electrons. The molecular formula is C23H25F3N6O2. The second kappa shape index (κ2) is 8.86. The van der Waals surface area contributed by atoms with Crippen molar-refractivity contribution in [1.82, 2.24) is 25.2 Å². The summed E-state index contributed by atoms with van der Waals surface area (Å²) in [6.45, 7) is 1.68. The smallest absolute Gasteiger partial charge is 0.390 e. The van der Waals surface area contributed by atoms with E-state index < -0.39 is 12.6 Å². The van der Waals surface area contributed by atoms with Crippen LogP contribution < -0.4 is 10.6 Å². The lowest BCUT2D eigenvalue weighted by Crippen LogP contribution is -2.53. The summed E-state index contributed by atoms with van der Waals surface area (Å²) < 4.78 is 42.9. The minimum atomic E-state index is -4.16. The van der Waals surface area contributed by atoms with Crippen LogP contribution in [0.4, 0.5) is 23.8 Å². The molecule has 0 aliphatic carbocycles. The molecule has 2 aliphatic rings. The third-order valence-electron chi connectivity index (χ3n) is 6.52. The van der Waals surface area contributed by atoms with E-state index in [1.807, 2.05) is 11.0 Å². The maximum absolute atomic E-state index is 13.1. The predicted molar refractivity (Wildman–Crippen MR) is 119 cm³/mol. The van der Waals surface area contributed by atoms with Gasteiger partial charge in [-0.3, -0.25) is 10.3 Å². The average molecular weight is 474 g/mol. The molecule has 2 saturated heterocycles. The number of fused-ring (bicyclic) bond motifs is 3. The topological polar surface area (TPSA) is 96.2 Å². The number of carbonyl (C=O) groups is 1. The molecule has 2 N–H and O–H groups in total. The Labute approximate surface area is 194 Å². The zero-order valence-electron chi connectivity index (χ0n) is 18.6. The quantitative estimate of drug-likeness (QED) is 0.558. The number of amides is 2. The molecule has 2 aliphatic heterocycles. The fourth-order valence-electron chi connectivity index (χ4n) is 5.00. The highest BCUT2D eigenvalue weighted by atomic mass is 19.4. The van der Waals surface area contributed by atoms with Gasteiger partial charge in [-0.05, 0) is 37.8 Å². The molecule has 180 valence electrons. The van der Waals surface area contributed by atoms with Gasteiger partial charge in [0.15, 0.2) is 11.7 Å². The summed E-state index contributed by atoms with van der Waals surface area (Å²) in [4.78, 5) is 27.7. The molecule has 5 heterocycles. The number of hydrogen-bond donors (Lipinski definition) is 2. The number of oxazole rings is 1. The molecule has 2 amide bonds. The molecule has 0 spiro atoms. The molecule has 2 bridgehead atoms. The molecule has 2 fully saturated rings. The van der Waals surface area contributed by atoms with Gasteiger partial charge in [0, 0.05) is 48.7 Å². The van der Waals surface area contributed by atoms with Crippen molar-refractivity contribution >= 4 is 22.8 Å². The number of nitrogens with zero attached hydrogens (tertiary/aromatic N) is 4. The number of carbonyl (C=O) groups excluding carboxylic acids is 1. The van der Waals surface area contributed by atoms with Crippen LogP contribution in [0.15, 0.2) is 35.1 Å². The van der Waals surface area contributed by atoms with E-state index in [-0.39, 0.29) is 30.7 Å². The number of rotatable bonds is 5. The first-order valence-electron chi connectivity index (χ1n) is 11.3. The van der Waals surface area contributed by atoms with E-state index in [4.69, 9.17) is 4.42 Å². The van der Waals surface area contributed by atoms with Gasteiger partial charge < -0.3 is 14.6 Å². The number of nitrogens with one attached hydrogen (secondary N) is 2. The zero-order chi connectivity index (χ0) is 23.9. The van der Waals surface area contributed by atoms with E-state index in [9.17, 15) is 18.0 Å². The van der Waals surface area contributed by atoms with Crippen LogP contribution in [0.1, 0.15) is 38.0 Å². The summed E-state index contributed by atoms with van der Waals surface area (Å²) in [7, 11) is 0. The van der Waals surface area contributed by atoms with E-state index in [0.717, 1.165) is 23.8 Å². The number of pyridine rings is 2. The maximum Gasteiger partial charge on any atom is 0.390 e. The molecule has 8 nitrogen and oxygen atoms in total. The number of piperidine rings is 1. The van der Waals surface area contributed by atoms with Gasteiger partial charge in [0.1, 0.15) is 5.82 Å². The maximum atomic E-state index is 13.1. The van der Waals surface area contributed by atoms with Crippen LogP contribution in [0.5, 0.6) is 0 Å². The molecule has 34 heavy (non-hydrogen) atoms. The van der Waals surface area contributed by atoms with Crippen LogP contribution in [0.3, 0.4) is 0 Å². The van der Waals surface area contributed by atoms with Crippen molar-refractivity contribution < 1.29 is 22.4 Å². The fourth-order valence-corrected chi connectivity index (χ4v) is 5.00. The van der Waals surface area contributed by atoms with Crippen LogP contribution >= 0.6 is 0 Å². The number of urea groups is 1. The Hall–Kier alpha value is -3.21. The number of anilines is 1. The van der Waals surface area contributed by atoms with Gasteiger partial charge in [-0.15, -0.1) is 0 Å². The second-order valence-corrected chi connectivity index (χ2v) is 8.94. The first kappa shape index (κ1) is 22.6. The van der Waals surface area contributed by atoms with E-state index in [1.165, 1.54) is 0 Å². The minimum absolute atomic E-state index is 0.00514. The van der Waals surface area contributed by atoms with E-state index >= 15 is 0 Å². The molecule has 5 rings (SSSR count). The van der Waals surface area contributed by atoms with E-state index in [1.54, 1.807) is 31.6 Å². The van der Waals surface area contributed by atoms with Crippen molar-refractivity contribution in [2.24, 2.45) is 0 Å². The largest absolute Gasteiger partial charge is 0.441 e. The van der Waals surface area contributed by atoms with Crippen molar-refractivity contribution in [3.8, 4) is 11.3 Å². The molecule has 3 atom stereocenters. The van der Waals surface area contributed by atoms with Gasteiger partial charge in [-0.25, -0.2) is 14.8 Å². The van der Waals surface area contributed by atoms with Gasteiger partial charge in [-0.2, -0.15) is 13.2 Å². The Kier molecular flexibility index (Phi) is 5.88. The number of alkyl halides is 3. The summed E-state index contributed by atoms with van der Waals surface area (Å²) in [5.41, 5.74) is 1.46. The lowest BCUT2D eigenvalue weighted by molar-refractivity contribution is -0.133. The molecular weight excluding hydrogens is 449 g/mol. The lowest BCUT2D eigenvalue weighted by atomic mass is 9.97. The molecule has 0 aromatic carbocycles. The van der Waals surface area contributed by atoms with Crippen molar-refractivity contribution in [3.05, 3.63) is 36.6 Å². The second-order valence-electron chi connectivity index (χ2n) is 8.94. The molecule has 0 saturated carbocycles. The number of aryl methyl sites for hydroxylation is 1. The standard InChI is InChI=1S/C23H25F3N6O2/c1-13-28-12-20(34-13)15-6-14-7-21(30-11-19(14)29-10-15)31-22(33)32-17-2-3-18(32)9-16(8-17)27-5-4-23(24,25)26/h6-7,10-12,16-18,27H,2-5,8-9H2,1H3,(H,30,31,33)/t16-,17+,18-. The lowest BCUT2D eigenvalue weighted by Gasteiger charge is -2.39. The minimum Gasteiger partial charge on any atom is -0.441 e. The summed E-state index contributed by atoms with van der Waals surface area (Å²) in [6, 6.07) is 3.44. The zero-order valence-corrected chi connectivity index (χ0v) is 18.6. The highest BCUT2D eigenvalue weighted by molar-refractivity contribution is 5.92. The Bertz CT molecular complexity index is 1180. The first-order valence-corrected chi connectivity index (χ1v) is 11.3. The highest BCUT2D eigenvalue weighted by Crippen LogP contribution is 2.36. The Morgan fingerprint density at radius 1 is 1.12 bits per heavy atom. The van der Waals surface area contributed by atoms with Gasteiger partial charge in [0.25, 0.3) is 0 Å². The van der Waals surface area contributed by atoms with Gasteiger partial charge in [-0.1, -0.05) is 0 Å². The fraction of sp³-hybridized carbons (Fsp3) is 0.478. The predicted octanol–water partition coefficient (Wildman–Crippen LogP) is 4.66. The van der Waals surface area contributed by atoms with Crippen molar-refractivity contribution in [3.63, 3.8) is 0 Å². The Balaban J connectivity index is 1.25. The Morgan fingerprint density at radius 2 is 1.88 bits per heavy atom. The molecule has 11 heteroatoms. The van der Waals surface area contributed by atoms with Crippen LogP contribution in [0, 0.1) is 6.92 Å². The molecule has 3 aromatic rings. The monoisotopic (exact) mass is 474 g/mol. The average Bonchev–Trinajstić information content (AvgIpc) is 3.33. The Morgan fingerprint density at radius 3 is 2.56 bits per heavy atom. The van der Waals surface area contributed by atoms with Crippen LogP contribution in [-0.2, 0) is 0 Å². The van der Waals surface area contributed by atoms with E-state index in [0.29, 0.717) is 35.8 Å². The third kappa shape index (κ3) is 4.84. The molecule has 3 aromatic heterocycles.